The number of aliphatic imine (C=N–C) groups is 1. The smallest absolute Gasteiger partial charge is 0.253 e. The first-order valence-corrected chi connectivity index (χ1v) is 14.1. The van der Waals surface area contributed by atoms with Crippen molar-refractivity contribution in [3.63, 3.8) is 0 Å². The molecule has 41 heavy (non-hydrogen) atoms. The van der Waals surface area contributed by atoms with Crippen molar-refractivity contribution in [1.82, 2.24) is 9.80 Å². The van der Waals surface area contributed by atoms with Gasteiger partial charge in [0.05, 0.1) is 11.4 Å². The standard InChI is InChI=1S/C33H39N5O3/c1-6-29(39)38(21-11-20-36(3)4)26-17-15-25(16-18-26)34-31(23-12-9-8-10-13-23)30-27-19-14-24(33(41)37(5)7-2)22-28(27)35-32(30)40/h8-10,12-19,22,30H,6-7,11,20-21H2,1-5H3,(H,35,40). The Labute approximate surface area is 242 Å². The van der Waals surface area contributed by atoms with Gasteiger partial charge in [-0.2, -0.15) is 0 Å². The second-order valence-electron chi connectivity index (χ2n) is 10.5. The first kappa shape index (κ1) is 29.7. The van der Waals surface area contributed by atoms with Crippen LogP contribution in [-0.2, 0) is 9.59 Å². The Morgan fingerprint density at radius 1 is 0.878 bits per heavy atom. The highest BCUT2D eigenvalue weighted by Gasteiger charge is 2.36. The molecule has 1 aliphatic rings. The third kappa shape index (κ3) is 6.89. The van der Waals surface area contributed by atoms with E-state index in [2.05, 4.69) is 10.2 Å². The van der Waals surface area contributed by atoms with E-state index in [0.29, 0.717) is 42.2 Å². The lowest BCUT2D eigenvalue weighted by atomic mass is 9.90. The summed E-state index contributed by atoms with van der Waals surface area (Å²) in [7, 11) is 5.80. The highest BCUT2D eigenvalue weighted by Crippen LogP contribution is 2.37. The van der Waals surface area contributed by atoms with E-state index in [0.717, 1.165) is 29.8 Å². The topological polar surface area (TPSA) is 85.3 Å². The van der Waals surface area contributed by atoms with E-state index in [4.69, 9.17) is 4.99 Å². The van der Waals surface area contributed by atoms with Crippen LogP contribution in [0.5, 0.6) is 0 Å². The molecule has 1 heterocycles. The summed E-state index contributed by atoms with van der Waals surface area (Å²) in [6.07, 6.45) is 1.30. The van der Waals surface area contributed by atoms with Gasteiger partial charge in [0.1, 0.15) is 5.92 Å². The normalized spacial score (nSPS) is 14.5. The van der Waals surface area contributed by atoms with Crippen LogP contribution in [0.3, 0.4) is 0 Å². The van der Waals surface area contributed by atoms with Crippen LogP contribution in [-0.4, -0.2) is 74.0 Å². The summed E-state index contributed by atoms with van der Waals surface area (Å²) in [6, 6.07) is 22.6. The quantitative estimate of drug-likeness (QED) is 0.325. The molecule has 8 heteroatoms. The maximum absolute atomic E-state index is 13.4. The summed E-state index contributed by atoms with van der Waals surface area (Å²) >= 11 is 0. The second-order valence-corrected chi connectivity index (χ2v) is 10.5. The molecule has 1 aliphatic heterocycles. The van der Waals surface area contributed by atoms with Crippen molar-refractivity contribution in [2.75, 3.05) is 51.0 Å². The van der Waals surface area contributed by atoms with Crippen molar-refractivity contribution in [2.24, 2.45) is 4.99 Å². The number of hydrogen-bond donors (Lipinski definition) is 1. The molecule has 0 spiro atoms. The SMILES string of the molecule is CCC(=O)N(CCCN(C)C)c1ccc(N=C(c2ccccc2)C2C(=O)Nc3cc(C(=O)N(C)CC)ccc32)cc1. The number of anilines is 2. The average Bonchev–Trinajstić information content (AvgIpc) is 3.32. The van der Waals surface area contributed by atoms with Gasteiger partial charge in [0.25, 0.3) is 5.91 Å². The molecule has 0 aliphatic carbocycles. The number of carbonyl (C=O) groups excluding carboxylic acids is 3. The molecular formula is C33H39N5O3. The fourth-order valence-corrected chi connectivity index (χ4v) is 4.92. The molecular weight excluding hydrogens is 514 g/mol. The van der Waals surface area contributed by atoms with E-state index in [1.807, 2.05) is 93.5 Å². The van der Waals surface area contributed by atoms with Crippen LogP contribution in [0.4, 0.5) is 17.1 Å². The fourth-order valence-electron chi connectivity index (χ4n) is 4.92. The Bertz CT molecular complexity index is 1420. The third-order valence-corrected chi connectivity index (χ3v) is 7.30. The number of nitrogens with zero attached hydrogens (tertiary/aromatic N) is 4. The number of hydrogen-bond acceptors (Lipinski definition) is 5. The summed E-state index contributed by atoms with van der Waals surface area (Å²) in [5, 5.41) is 2.97. The summed E-state index contributed by atoms with van der Waals surface area (Å²) in [6.45, 7) is 5.92. The molecule has 0 saturated carbocycles. The van der Waals surface area contributed by atoms with Crippen molar-refractivity contribution >= 4 is 40.5 Å². The van der Waals surface area contributed by atoms with Crippen LogP contribution in [0.1, 0.15) is 54.1 Å². The van der Waals surface area contributed by atoms with Gasteiger partial charge in [-0.1, -0.05) is 43.3 Å². The zero-order valence-corrected chi connectivity index (χ0v) is 24.6. The predicted octanol–water partition coefficient (Wildman–Crippen LogP) is 5.33. The Morgan fingerprint density at radius 3 is 2.22 bits per heavy atom. The van der Waals surface area contributed by atoms with E-state index in [9.17, 15) is 14.4 Å². The largest absolute Gasteiger partial charge is 0.342 e. The number of fused-ring (bicyclic) bond motifs is 1. The zero-order chi connectivity index (χ0) is 29.5. The number of nitrogens with one attached hydrogen (secondary N) is 1. The van der Waals surface area contributed by atoms with Gasteiger partial charge in [0.2, 0.25) is 11.8 Å². The Morgan fingerprint density at radius 2 is 1.59 bits per heavy atom. The molecule has 1 unspecified atom stereocenters. The van der Waals surface area contributed by atoms with E-state index in [1.165, 1.54) is 0 Å². The first-order chi connectivity index (χ1) is 19.7. The highest BCUT2D eigenvalue weighted by atomic mass is 16.2. The van der Waals surface area contributed by atoms with Gasteiger partial charge in [-0.05, 0) is 81.5 Å². The van der Waals surface area contributed by atoms with Crippen LogP contribution in [0.2, 0.25) is 0 Å². The lowest BCUT2D eigenvalue weighted by Crippen LogP contribution is -2.32. The lowest BCUT2D eigenvalue weighted by molar-refractivity contribution is -0.118. The number of benzene rings is 3. The minimum absolute atomic E-state index is 0.0761. The number of carbonyl (C=O) groups is 3. The summed E-state index contributed by atoms with van der Waals surface area (Å²) in [4.78, 5) is 49.3. The molecule has 1 N–H and O–H groups in total. The van der Waals surface area contributed by atoms with E-state index in [1.54, 1.807) is 24.1 Å². The van der Waals surface area contributed by atoms with Gasteiger partial charge < -0.3 is 20.0 Å². The highest BCUT2D eigenvalue weighted by molar-refractivity contribution is 6.24. The van der Waals surface area contributed by atoms with Crippen LogP contribution >= 0.6 is 0 Å². The predicted molar refractivity (Wildman–Crippen MR) is 165 cm³/mol. The molecule has 0 aromatic heterocycles. The van der Waals surface area contributed by atoms with Crippen molar-refractivity contribution < 1.29 is 14.4 Å². The van der Waals surface area contributed by atoms with Gasteiger partial charge in [0, 0.05) is 43.5 Å². The molecule has 3 aromatic rings. The third-order valence-electron chi connectivity index (χ3n) is 7.30. The molecule has 0 bridgehead atoms. The van der Waals surface area contributed by atoms with Gasteiger partial charge in [0.15, 0.2) is 0 Å². The molecule has 214 valence electrons. The van der Waals surface area contributed by atoms with Gasteiger partial charge >= 0.3 is 0 Å². The number of amides is 3. The van der Waals surface area contributed by atoms with Crippen LogP contribution in [0.15, 0.2) is 77.8 Å². The van der Waals surface area contributed by atoms with Crippen molar-refractivity contribution in [3.8, 4) is 0 Å². The van der Waals surface area contributed by atoms with Crippen molar-refractivity contribution in [2.45, 2.75) is 32.6 Å². The first-order valence-electron chi connectivity index (χ1n) is 14.1. The Hall–Kier alpha value is -4.30. The van der Waals surface area contributed by atoms with E-state index >= 15 is 0 Å². The van der Waals surface area contributed by atoms with Crippen LogP contribution in [0, 0.1) is 0 Å². The maximum atomic E-state index is 13.4. The molecule has 3 aromatic carbocycles. The van der Waals surface area contributed by atoms with Gasteiger partial charge in [-0.3, -0.25) is 19.4 Å². The zero-order valence-electron chi connectivity index (χ0n) is 24.6. The van der Waals surface area contributed by atoms with Crippen molar-refractivity contribution in [1.29, 1.82) is 0 Å². The van der Waals surface area contributed by atoms with E-state index in [-0.39, 0.29) is 17.7 Å². The molecule has 0 fully saturated rings. The molecule has 4 rings (SSSR count). The minimum atomic E-state index is -0.635. The summed E-state index contributed by atoms with van der Waals surface area (Å²) in [5.41, 5.74) is 4.90. The Kier molecular flexibility index (Phi) is 9.68. The van der Waals surface area contributed by atoms with Gasteiger partial charge in [-0.25, -0.2) is 0 Å². The maximum Gasteiger partial charge on any atom is 0.253 e. The van der Waals surface area contributed by atoms with E-state index < -0.39 is 5.92 Å². The monoisotopic (exact) mass is 553 g/mol. The fraction of sp³-hybridized carbons (Fsp3) is 0.333. The Balaban J connectivity index is 1.69. The van der Waals surface area contributed by atoms with Crippen LogP contribution < -0.4 is 10.2 Å². The second kappa shape index (κ2) is 13.4. The molecule has 0 radical (unpaired) electrons. The molecule has 3 amide bonds. The average molecular weight is 554 g/mol. The molecule has 0 saturated heterocycles. The van der Waals surface area contributed by atoms with Crippen molar-refractivity contribution in [3.05, 3.63) is 89.5 Å². The number of rotatable bonds is 11. The molecule has 8 nitrogen and oxygen atoms in total. The van der Waals surface area contributed by atoms with Crippen LogP contribution in [0.25, 0.3) is 0 Å². The summed E-state index contributed by atoms with van der Waals surface area (Å²) in [5.74, 6) is -0.841. The summed E-state index contributed by atoms with van der Waals surface area (Å²) < 4.78 is 0. The minimum Gasteiger partial charge on any atom is -0.342 e. The lowest BCUT2D eigenvalue weighted by Gasteiger charge is -2.23. The van der Waals surface area contributed by atoms with Gasteiger partial charge in [-0.15, -0.1) is 0 Å². The molecule has 1 atom stereocenters.